The Morgan fingerprint density at radius 2 is 0.812 bits per heavy atom. The number of carboxylic acids is 1. The lowest BCUT2D eigenvalue weighted by atomic mass is 10.0. The number of rotatable bonds is 51. The minimum atomic E-state index is -0.879. The molecule has 0 aromatic heterocycles. The van der Waals surface area contributed by atoms with E-state index in [4.69, 9.17) is 14.2 Å². The van der Waals surface area contributed by atoms with Crippen LogP contribution in [-0.2, 0) is 28.6 Å². The summed E-state index contributed by atoms with van der Waals surface area (Å²) >= 11 is 0. The third-order valence-corrected chi connectivity index (χ3v) is 12.6. The van der Waals surface area contributed by atoms with Gasteiger partial charge in [0.15, 0.2) is 12.1 Å². The highest BCUT2D eigenvalue weighted by Crippen LogP contribution is 2.17. The van der Waals surface area contributed by atoms with Crippen LogP contribution >= 0.6 is 0 Å². The Morgan fingerprint density at radius 3 is 1.20 bits per heavy atom. The van der Waals surface area contributed by atoms with E-state index in [2.05, 4.69) is 86.8 Å². The summed E-state index contributed by atoms with van der Waals surface area (Å²) in [6.45, 7) is 4.63. The van der Waals surface area contributed by atoms with Crippen LogP contribution in [-0.4, -0.2) is 80.6 Å². The maximum absolute atomic E-state index is 12.8. The number of ether oxygens (including phenoxy) is 3. The SMILES string of the molecule is CC/C=C/C/C=C/C/C=C/C/C=C/C/C=C/C/C=C/CCCCCCC(=O)OC(COCCC(C(=O)O)[N+](C)(C)C)COC(=O)CCCCCCCCCCCCCCCCCCCCCCCC. The largest absolute Gasteiger partial charge is 0.477 e. The Labute approximate surface area is 425 Å². The van der Waals surface area contributed by atoms with Gasteiger partial charge in [0, 0.05) is 19.3 Å². The van der Waals surface area contributed by atoms with E-state index in [1.165, 1.54) is 122 Å². The zero-order chi connectivity index (χ0) is 50.6. The second kappa shape index (κ2) is 51.1. The van der Waals surface area contributed by atoms with Crippen molar-refractivity contribution >= 4 is 17.9 Å². The molecule has 0 heterocycles. The summed E-state index contributed by atoms with van der Waals surface area (Å²) < 4.78 is 17.4. The third-order valence-electron chi connectivity index (χ3n) is 12.6. The number of likely N-dealkylation sites (N-methyl/N-ethyl adjacent to an activating group) is 1. The summed E-state index contributed by atoms with van der Waals surface area (Å²) in [5.41, 5.74) is 0. The molecule has 69 heavy (non-hydrogen) atoms. The van der Waals surface area contributed by atoms with Crippen LogP contribution in [0.3, 0.4) is 0 Å². The number of esters is 2. The van der Waals surface area contributed by atoms with Gasteiger partial charge in [-0.25, -0.2) is 4.79 Å². The lowest BCUT2D eigenvalue weighted by Gasteiger charge is -2.31. The molecule has 0 radical (unpaired) electrons. The Hall–Kier alpha value is -3.23. The summed E-state index contributed by atoms with van der Waals surface area (Å²) in [5.74, 6) is -1.49. The molecule has 0 aromatic carbocycles. The van der Waals surface area contributed by atoms with Crippen LogP contribution in [0.15, 0.2) is 72.9 Å². The van der Waals surface area contributed by atoms with Gasteiger partial charge < -0.3 is 23.8 Å². The zero-order valence-corrected chi connectivity index (χ0v) is 45.5. The van der Waals surface area contributed by atoms with Gasteiger partial charge in [0.05, 0.1) is 34.4 Å². The fourth-order valence-corrected chi connectivity index (χ4v) is 8.27. The van der Waals surface area contributed by atoms with Gasteiger partial charge in [-0.15, -0.1) is 0 Å². The highest BCUT2D eigenvalue weighted by atomic mass is 16.6. The molecule has 0 spiro atoms. The van der Waals surface area contributed by atoms with Gasteiger partial charge in [0.2, 0.25) is 0 Å². The van der Waals surface area contributed by atoms with Gasteiger partial charge in [-0.2, -0.15) is 0 Å². The predicted octanol–water partition coefficient (Wildman–Crippen LogP) is 17.0. The van der Waals surface area contributed by atoms with Crippen LogP contribution in [0.25, 0.3) is 0 Å². The van der Waals surface area contributed by atoms with E-state index < -0.39 is 18.1 Å². The van der Waals surface area contributed by atoms with E-state index in [9.17, 15) is 19.5 Å². The van der Waals surface area contributed by atoms with Crippen molar-refractivity contribution in [2.24, 2.45) is 0 Å². The number of aliphatic carboxylic acids is 1. The Bertz CT molecular complexity index is 1360. The zero-order valence-electron chi connectivity index (χ0n) is 45.5. The average Bonchev–Trinajstić information content (AvgIpc) is 3.31. The summed E-state index contributed by atoms with van der Waals surface area (Å²) in [6.07, 6.45) is 66.8. The summed E-state index contributed by atoms with van der Waals surface area (Å²) in [5, 5.41) is 9.68. The van der Waals surface area contributed by atoms with Gasteiger partial charge in [-0.3, -0.25) is 9.59 Å². The molecule has 0 rings (SSSR count). The lowest BCUT2D eigenvalue weighted by Crippen LogP contribution is -2.50. The smallest absolute Gasteiger partial charge is 0.362 e. The quantitative estimate of drug-likeness (QED) is 0.0281. The number of carbonyl (C=O) groups excluding carboxylic acids is 2. The van der Waals surface area contributed by atoms with E-state index >= 15 is 0 Å². The molecule has 0 aliphatic carbocycles. The van der Waals surface area contributed by atoms with Gasteiger partial charge in [0.25, 0.3) is 0 Å². The minimum Gasteiger partial charge on any atom is -0.477 e. The van der Waals surface area contributed by atoms with Crippen molar-refractivity contribution in [3.8, 4) is 0 Å². The second-order valence-electron chi connectivity index (χ2n) is 20.2. The molecule has 8 heteroatoms. The molecule has 0 aliphatic rings. The van der Waals surface area contributed by atoms with E-state index in [-0.39, 0.29) is 36.2 Å². The molecule has 0 amide bonds. The highest BCUT2D eigenvalue weighted by molar-refractivity contribution is 5.72. The molecule has 0 aliphatic heterocycles. The van der Waals surface area contributed by atoms with Crippen LogP contribution in [0.4, 0.5) is 0 Å². The van der Waals surface area contributed by atoms with Crippen molar-refractivity contribution in [3.05, 3.63) is 72.9 Å². The lowest BCUT2D eigenvalue weighted by molar-refractivity contribution is -0.887. The molecule has 0 bridgehead atoms. The van der Waals surface area contributed by atoms with Crippen molar-refractivity contribution < 1.29 is 38.2 Å². The molecule has 0 saturated heterocycles. The number of allylic oxidation sites excluding steroid dienone is 12. The summed E-state index contributed by atoms with van der Waals surface area (Å²) in [4.78, 5) is 37.3. The summed E-state index contributed by atoms with van der Waals surface area (Å²) in [6, 6.07) is -0.623. The standard InChI is InChI=1S/C61H107NO7/c1-6-8-10-12-14-16-18-20-22-24-26-28-30-32-34-36-38-40-42-44-46-48-50-52-60(64)69-57(55-67-54-53-58(61(65)66)62(3,4)5)56-68-59(63)51-49-47-45-43-41-39-37-35-33-31-29-27-25-23-21-19-17-15-13-11-9-7-2/h8,10,14,16,20,22,26,28,32,34,38,40,57-58H,6-7,9,11-13,15,17-19,21,23-25,27,29-31,33,35-37,39,41-56H2,1-5H3/p+1/b10-8+,16-14+,22-20+,28-26+,34-32+,40-38+. The molecule has 0 saturated carbocycles. The number of unbranched alkanes of at least 4 members (excludes halogenated alkanes) is 25. The van der Waals surface area contributed by atoms with Crippen LogP contribution in [0.1, 0.15) is 245 Å². The summed E-state index contributed by atoms with van der Waals surface area (Å²) in [7, 11) is 5.53. The molecule has 398 valence electrons. The van der Waals surface area contributed by atoms with Crippen LogP contribution in [0.5, 0.6) is 0 Å². The van der Waals surface area contributed by atoms with Gasteiger partial charge >= 0.3 is 17.9 Å². The van der Waals surface area contributed by atoms with E-state index in [0.717, 1.165) is 89.9 Å². The maximum Gasteiger partial charge on any atom is 0.362 e. The Kier molecular flexibility index (Phi) is 48.7. The molecular formula is C61H108NO7+. The number of carbonyl (C=O) groups is 3. The minimum absolute atomic E-state index is 0.0495. The molecule has 0 aromatic rings. The van der Waals surface area contributed by atoms with Gasteiger partial charge in [0.1, 0.15) is 6.61 Å². The monoisotopic (exact) mass is 967 g/mol. The molecule has 2 unspecified atom stereocenters. The first-order chi connectivity index (χ1) is 33.6. The van der Waals surface area contributed by atoms with Crippen LogP contribution in [0, 0.1) is 0 Å². The Morgan fingerprint density at radius 1 is 0.449 bits per heavy atom. The van der Waals surface area contributed by atoms with Crippen LogP contribution in [0.2, 0.25) is 0 Å². The second-order valence-corrected chi connectivity index (χ2v) is 20.2. The topological polar surface area (TPSA) is 99.1 Å². The van der Waals surface area contributed by atoms with Crippen molar-refractivity contribution in [2.45, 2.75) is 257 Å². The number of nitrogens with zero attached hydrogens (tertiary/aromatic N) is 1. The van der Waals surface area contributed by atoms with Crippen LogP contribution < -0.4 is 0 Å². The fraction of sp³-hybridized carbons (Fsp3) is 0.754. The molecule has 1 N–H and O–H groups in total. The average molecular weight is 968 g/mol. The molecule has 0 fully saturated rings. The van der Waals surface area contributed by atoms with E-state index in [0.29, 0.717) is 19.3 Å². The van der Waals surface area contributed by atoms with Crippen molar-refractivity contribution in [2.75, 3.05) is 41.0 Å². The predicted molar refractivity (Wildman–Crippen MR) is 294 cm³/mol. The molecule has 8 nitrogen and oxygen atoms in total. The van der Waals surface area contributed by atoms with E-state index in [1.54, 1.807) is 0 Å². The normalized spacial score (nSPS) is 13.3. The molecule has 2 atom stereocenters. The maximum atomic E-state index is 12.8. The van der Waals surface area contributed by atoms with Crippen molar-refractivity contribution in [1.29, 1.82) is 0 Å². The molecular weight excluding hydrogens is 859 g/mol. The number of hydrogen-bond acceptors (Lipinski definition) is 6. The van der Waals surface area contributed by atoms with Gasteiger partial charge in [-0.1, -0.05) is 234 Å². The van der Waals surface area contributed by atoms with Crippen molar-refractivity contribution in [1.82, 2.24) is 0 Å². The fourth-order valence-electron chi connectivity index (χ4n) is 8.27. The number of quaternary nitrogens is 1. The first-order valence-electron chi connectivity index (χ1n) is 28.5. The third kappa shape index (κ3) is 49.5. The van der Waals surface area contributed by atoms with E-state index in [1.807, 2.05) is 21.1 Å². The number of carboxylic acid groups (broad SMARTS) is 1. The number of hydrogen-bond donors (Lipinski definition) is 1. The first-order valence-corrected chi connectivity index (χ1v) is 28.5. The van der Waals surface area contributed by atoms with Gasteiger partial charge in [-0.05, 0) is 64.2 Å². The van der Waals surface area contributed by atoms with Crippen molar-refractivity contribution in [3.63, 3.8) is 0 Å². The first kappa shape index (κ1) is 65.8. The highest BCUT2D eigenvalue weighted by Gasteiger charge is 2.31. The Balaban J connectivity index is 4.23.